The van der Waals surface area contributed by atoms with Gasteiger partial charge in [-0.05, 0) is 260 Å². The molecule has 0 radical (unpaired) electrons. The van der Waals surface area contributed by atoms with E-state index in [0.29, 0.717) is 102 Å². The third-order valence-electron chi connectivity index (χ3n) is 26.6. The Morgan fingerprint density at radius 3 is 1.45 bits per heavy atom. The highest BCUT2D eigenvalue weighted by Crippen LogP contribution is 2.51. The van der Waals surface area contributed by atoms with Gasteiger partial charge in [0.25, 0.3) is 17.7 Å². The third kappa shape index (κ3) is 24.7. The summed E-state index contributed by atoms with van der Waals surface area (Å²) in [5.41, 5.74) is 19.1. The number of hydrogen-bond donors (Lipinski definition) is 1. The van der Waals surface area contributed by atoms with E-state index in [0.717, 1.165) is 149 Å². The van der Waals surface area contributed by atoms with Crippen LogP contribution in [-0.2, 0) is 43.0 Å². The smallest absolute Gasteiger partial charge is 0.254 e. The number of aryl methyl sites for hydroxylation is 3. The fraction of sp³-hybridized carbons (Fsp3) is 0.418. The standard InChI is InChI=1S/C34H41Cl2N3O5.C33H39Cl2N3O3S.C31H34Cl2N2O.2F2.2FH/c1-41-29-19-24(20-30(42-2)31(29)43-3)32(40)39-18-12-33(22-39,26-9-10-27(35)28(36)21-26)11-15-38-16-13-34(14-17-38,44-23-37)25-7-5-4-6-8-25;1-23-17-24(2)19-27(18-23)32(39)36(3)21-26(25-9-10-29(34)30(35)20-25)11-14-37-15-12-33(13-16-37)22-38(42(4,40)41)31-8-6-5-7-28(31)33;1-34(30(36)24-8-3-2-4-9-24)22-26(25-11-12-28(32)29(33)21-25)14-18-35-19-16-31(17-20-35)15-13-23-7-5-6-10-27(23)31;2*1-2;;/h4-10,19-21H,11-18,22-23,37H2,1-3H3;5-10,17-20,26H,11-16,21-22H2,1-4H3;2-12,21,26H,13-20,22H2,1H3;;;2*1H/t33-;2*26-;;;;/m011..../s1. The largest absolute Gasteiger partial charge is 0.493 e. The summed E-state index contributed by atoms with van der Waals surface area (Å²) in [6.45, 7) is 15.6. The highest BCUT2D eigenvalue weighted by Gasteiger charge is 2.48. The maximum Gasteiger partial charge on any atom is 0.254 e. The second-order valence-corrected chi connectivity index (χ2v) is 38.5. The van der Waals surface area contributed by atoms with Crippen LogP contribution in [0.4, 0.5) is 33.4 Å². The summed E-state index contributed by atoms with van der Waals surface area (Å²) in [5.74, 6) is 1.55. The van der Waals surface area contributed by atoms with Crippen LogP contribution >= 0.6 is 69.6 Å². The fourth-order valence-electron chi connectivity index (χ4n) is 19.7. The van der Waals surface area contributed by atoms with Crippen LogP contribution in [0.15, 0.2) is 194 Å². The van der Waals surface area contributed by atoms with Gasteiger partial charge in [0, 0.05) is 118 Å². The molecule has 2 N–H and O–H groups in total. The van der Waals surface area contributed by atoms with Gasteiger partial charge in [-0.2, -0.15) is 0 Å². The van der Waals surface area contributed by atoms with E-state index in [4.69, 9.17) is 113 Å². The first-order valence-corrected chi connectivity index (χ1v) is 46.8. The summed E-state index contributed by atoms with van der Waals surface area (Å²) in [5, 5.41) is 3.18. The lowest BCUT2D eigenvalue weighted by atomic mass is 9.74. The van der Waals surface area contributed by atoms with Crippen molar-refractivity contribution in [2.45, 2.75) is 125 Å². The molecule has 6 aliphatic rings. The lowest BCUT2D eigenvalue weighted by Gasteiger charge is -2.43. The number of halogens is 12. The first-order chi connectivity index (χ1) is 60.6. The molecule has 0 unspecified atom stereocenters. The second-order valence-electron chi connectivity index (χ2n) is 34.2. The number of piperidine rings is 3. The average molecular weight is 1910 g/mol. The van der Waals surface area contributed by atoms with Crippen LogP contribution < -0.4 is 24.2 Å². The van der Waals surface area contributed by atoms with Gasteiger partial charge < -0.3 is 54.1 Å². The summed E-state index contributed by atoms with van der Waals surface area (Å²) in [6, 6.07) is 63.7. The van der Waals surface area contributed by atoms with Crippen molar-refractivity contribution >= 4 is 103 Å². The van der Waals surface area contributed by atoms with Gasteiger partial charge in [-0.3, -0.25) is 28.1 Å². The van der Waals surface area contributed by atoms with Crippen molar-refractivity contribution in [3.63, 3.8) is 0 Å². The molecule has 4 saturated heterocycles. The topological polar surface area (TPSA) is 171 Å². The zero-order chi connectivity index (χ0) is 90.7. The number of carbonyl (C=O) groups is 3. The van der Waals surface area contributed by atoms with E-state index in [2.05, 4.69) is 81.4 Å². The fourth-order valence-corrected chi connectivity index (χ4v) is 21.6. The number of sulfonamides is 1. The minimum absolute atomic E-state index is 0. The van der Waals surface area contributed by atoms with Gasteiger partial charge in [-0.25, -0.2) is 8.42 Å². The van der Waals surface area contributed by atoms with Gasteiger partial charge in [0.1, 0.15) is 0 Å². The molecule has 1 aliphatic carbocycles. The van der Waals surface area contributed by atoms with E-state index >= 15 is 0 Å². The lowest BCUT2D eigenvalue weighted by Crippen LogP contribution is -2.46. The number of anilines is 1. The summed E-state index contributed by atoms with van der Waals surface area (Å²) in [7, 11) is 5.05. The van der Waals surface area contributed by atoms with E-state index in [1.807, 2.05) is 158 Å². The molecule has 9 aromatic rings. The molecule has 2 spiro atoms. The van der Waals surface area contributed by atoms with Crippen LogP contribution in [-0.4, -0.2) is 196 Å². The lowest BCUT2D eigenvalue weighted by molar-refractivity contribution is -0.0882. The minimum Gasteiger partial charge on any atom is -0.493 e. The monoisotopic (exact) mass is 1900 g/mol. The van der Waals surface area contributed by atoms with E-state index < -0.39 is 10.0 Å². The molecule has 692 valence electrons. The zero-order valence-electron chi connectivity index (χ0n) is 73.6. The Morgan fingerprint density at radius 2 is 0.945 bits per heavy atom. The summed E-state index contributed by atoms with van der Waals surface area (Å²) >= 11 is 38.1. The van der Waals surface area contributed by atoms with Crippen LogP contribution in [0.2, 0.25) is 30.1 Å². The molecule has 0 bridgehead atoms. The van der Waals surface area contributed by atoms with E-state index in [1.165, 1.54) is 37.5 Å². The van der Waals surface area contributed by atoms with Crippen molar-refractivity contribution in [2.75, 3.05) is 144 Å². The van der Waals surface area contributed by atoms with E-state index in [9.17, 15) is 22.8 Å². The van der Waals surface area contributed by atoms with E-state index in [-0.39, 0.29) is 62.1 Å². The molecule has 0 saturated carbocycles. The molecule has 5 aliphatic heterocycles. The Morgan fingerprint density at radius 1 is 0.477 bits per heavy atom. The van der Waals surface area contributed by atoms with Gasteiger partial charge >= 0.3 is 0 Å². The second kappa shape index (κ2) is 47.1. The molecule has 30 heteroatoms. The molecule has 128 heavy (non-hydrogen) atoms. The number of hydrogen-bond acceptors (Lipinski definition) is 13. The summed E-state index contributed by atoms with van der Waals surface area (Å²) in [6.07, 6.45) is 13.3. The molecular formula is C98H116Cl6F6N8O9S. The predicted molar refractivity (Wildman–Crippen MR) is 505 cm³/mol. The minimum atomic E-state index is -3.34. The van der Waals surface area contributed by atoms with Crippen molar-refractivity contribution < 1.29 is 69.5 Å². The maximum absolute atomic E-state index is 13.9. The van der Waals surface area contributed by atoms with Crippen LogP contribution in [0.3, 0.4) is 0 Å². The molecule has 3 amide bonds. The molecule has 15 rings (SSSR count). The number of amides is 3. The highest BCUT2D eigenvalue weighted by molar-refractivity contribution is 7.92. The Hall–Kier alpha value is -8.34. The average Bonchev–Trinajstić information content (AvgIpc) is 1.58. The number of methoxy groups -OCH3 is 3. The quantitative estimate of drug-likeness (QED) is 0.0402. The number of benzene rings is 9. The number of nitrogens with zero attached hydrogens (tertiary/aromatic N) is 7. The molecular weight excluding hydrogens is 1790 g/mol. The first kappa shape index (κ1) is 103. The normalized spacial score (nSPS) is 17.6. The van der Waals surface area contributed by atoms with Crippen LogP contribution in [0.1, 0.15) is 164 Å². The number of rotatable bonds is 26. The number of ether oxygens (including phenoxy) is 4. The number of para-hydroxylation sites is 1. The number of likely N-dealkylation sites (N-methyl/N-ethyl adjacent to an activating group) is 2. The van der Waals surface area contributed by atoms with Crippen molar-refractivity contribution in [1.82, 2.24) is 29.4 Å². The zero-order valence-corrected chi connectivity index (χ0v) is 79.0. The molecule has 17 nitrogen and oxygen atoms in total. The van der Waals surface area contributed by atoms with Gasteiger partial charge in [0.05, 0.1) is 75.7 Å². The molecule has 4 fully saturated rings. The number of carbonyl (C=O) groups excluding carboxylic acids is 3. The molecule has 5 heterocycles. The highest BCUT2D eigenvalue weighted by atomic mass is 35.5. The predicted octanol–water partition coefficient (Wildman–Crippen LogP) is 22.0. The molecule has 9 aromatic carbocycles. The Labute approximate surface area is 779 Å². The molecule has 0 aromatic heterocycles. The van der Waals surface area contributed by atoms with Gasteiger partial charge in [0.15, 0.2) is 11.5 Å². The maximum atomic E-state index is 13.9. The van der Waals surface area contributed by atoms with E-state index in [1.54, 1.807) is 48.9 Å². The van der Waals surface area contributed by atoms with Gasteiger partial charge in [-0.1, -0.05) is 196 Å². The van der Waals surface area contributed by atoms with Crippen molar-refractivity contribution in [2.24, 2.45) is 5.73 Å². The van der Waals surface area contributed by atoms with Crippen molar-refractivity contribution in [3.8, 4) is 17.2 Å². The van der Waals surface area contributed by atoms with Crippen molar-refractivity contribution in [1.29, 1.82) is 0 Å². The Bertz CT molecular complexity index is 5250. The number of fused-ring (bicyclic) bond motifs is 4. The van der Waals surface area contributed by atoms with Crippen molar-refractivity contribution in [3.05, 3.63) is 291 Å². The Balaban J connectivity index is 0.000000212. The van der Waals surface area contributed by atoms with Crippen LogP contribution in [0.25, 0.3) is 0 Å². The van der Waals surface area contributed by atoms with Crippen LogP contribution in [0, 0.1) is 13.8 Å². The van der Waals surface area contributed by atoms with Gasteiger partial charge in [0.2, 0.25) is 15.8 Å². The first-order valence-electron chi connectivity index (χ1n) is 42.7. The summed E-state index contributed by atoms with van der Waals surface area (Å²) < 4.78 is 81.4. The SMILES string of the molecule is CN(C[C@@H](CCN1CCC2(CCc3ccccc32)CC1)c1ccc(Cl)c(Cl)c1)C(=O)c1ccccc1.COc1cc(C(=O)N2CC[C@](CCN3CCC(OCN)(c4ccccc4)CC3)(c3ccc(Cl)c(Cl)c3)C2)cc(OC)c1OC.Cc1cc(C)cc(C(=O)N(C)C[C@@H](CCN2CCC3(CC2)CN(S(C)(=O)=O)c2ccccc23)c2ccc(Cl)c(Cl)c2)c1.F.F.FF.FF. The summed E-state index contributed by atoms with van der Waals surface area (Å²) in [4.78, 5) is 53.5. The number of nitrogens with two attached hydrogens (primary N) is 1. The third-order valence-corrected chi connectivity index (χ3v) is 29.9. The Kier molecular flexibility index (Phi) is 38.1. The van der Waals surface area contributed by atoms with Crippen LogP contribution in [0.5, 0.6) is 17.2 Å². The van der Waals surface area contributed by atoms with Gasteiger partial charge in [-0.15, -0.1) is 0 Å². The molecule has 3 atom stereocenters. The number of likely N-dealkylation sites (tertiary alicyclic amines) is 4.